The van der Waals surface area contributed by atoms with E-state index in [0.717, 1.165) is 30.7 Å². The first-order chi connectivity index (χ1) is 5.84. The van der Waals surface area contributed by atoms with Crippen LogP contribution in [0.4, 0.5) is 0 Å². The Bertz CT molecular complexity index is 206. The molecule has 66 valence electrons. The normalized spacial score (nSPS) is 46.7. The minimum atomic E-state index is 0.532. The standard InChI is InChI=1S/C10H15NO/c12-9-5-7-1-3-11-4-2-8(6-9)10(7)11/h7-8,10H,1-6H2. The second-order valence-electron chi connectivity index (χ2n) is 4.57. The van der Waals surface area contributed by atoms with Crippen LogP contribution in [0.25, 0.3) is 0 Å². The van der Waals surface area contributed by atoms with E-state index in [1.165, 1.54) is 25.9 Å². The second-order valence-corrected chi connectivity index (χ2v) is 4.57. The summed E-state index contributed by atoms with van der Waals surface area (Å²) in [5, 5.41) is 0. The lowest BCUT2D eigenvalue weighted by atomic mass is 9.77. The third-order valence-electron chi connectivity index (χ3n) is 3.94. The van der Waals surface area contributed by atoms with Crippen LogP contribution in [0, 0.1) is 11.8 Å². The van der Waals surface area contributed by atoms with Crippen LogP contribution in [0.3, 0.4) is 0 Å². The fourth-order valence-corrected chi connectivity index (χ4v) is 3.51. The zero-order valence-corrected chi connectivity index (χ0v) is 7.33. The van der Waals surface area contributed by atoms with Crippen LogP contribution in [-0.4, -0.2) is 29.8 Å². The SMILES string of the molecule is O=C1CC2CCN3CCC(C1)C23. The highest BCUT2D eigenvalue weighted by atomic mass is 16.1. The van der Waals surface area contributed by atoms with Crippen molar-refractivity contribution >= 4 is 5.78 Å². The molecule has 2 nitrogen and oxygen atoms in total. The lowest BCUT2D eigenvalue weighted by Gasteiger charge is -2.30. The van der Waals surface area contributed by atoms with E-state index in [1.54, 1.807) is 0 Å². The number of hydrogen-bond donors (Lipinski definition) is 0. The van der Waals surface area contributed by atoms with Crippen LogP contribution >= 0.6 is 0 Å². The number of rotatable bonds is 0. The molecule has 1 aliphatic carbocycles. The molecule has 0 N–H and O–H groups in total. The van der Waals surface area contributed by atoms with Gasteiger partial charge in [-0.1, -0.05) is 0 Å². The topological polar surface area (TPSA) is 20.3 Å². The average molecular weight is 165 g/mol. The summed E-state index contributed by atoms with van der Waals surface area (Å²) in [6, 6.07) is 0.808. The van der Waals surface area contributed by atoms with E-state index in [1.807, 2.05) is 0 Å². The fraction of sp³-hybridized carbons (Fsp3) is 0.900. The molecule has 2 heteroatoms. The Kier molecular flexibility index (Phi) is 1.37. The van der Waals surface area contributed by atoms with Gasteiger partial charge >= 0.3 is 0 Å². The van der Waals surface area contributed by atoms with Gasteiger partial charge in [0.25, 0.3) is 0 Å². The Labute approximate surface area is 72.9 Å². The van der Waals surface area contributed by atoms with Gasteiger partial charge in [0.05, 0.1) is 0 Å². The molecular weight excluding hydrogens is 150 g/mol. The number of carbonyl (C=O) groups excluding carboxylic acids is 1. The van der Waals surface area contributed by atoms with Crippen molar-refractivity contribution in [3.8, 4) is 0 Å². The van der Waals surface area contributed by atoms with Gasteiger partial charge in [0, 0.05) is 18.9 Å². The molecule has 2 atom stereocenters. The van der Waals surface area contributed by atoms with Gasteiger partial charge in [-0.3, -0.25) is 9.69 Å². The Morgan fingerprint density at radius 1 is 1.08 bits per heavy atom. The number of nitrogens with zero attached hydrogens (tertiary/aromatic N) is 1. The van der Waals surface area contributed by atoms with E-state index in [2.05, 4.69) is 4.90 Å². The molecule has 0 aromatic carbocycles. The highest BCUT2D eigenvalue weighted by Crippen LogP contribution is 2.43. The fourth-order valence-electron chi connectivity index (χ4n) is 3.51. The third kappa shape index (κ3) is 0.817. The van der Waals surface area contributed by atoms with Gasteiger partial charge < -0.3 is 0 Å². The largest absolute Gasteiger partial charge is 0.300 e. The monoisotopic (exact) mass is 165 g/mol. The van der Waals surface area contributed by atoms with Crippen molar-refractivity contribution < 1.29 is 4.79 Å². The van der Waals surface area contributed by atoms with E-state index in [-0.39, 0.29) is 0 Å². The average Bonchev–Trinajstić information content (AvgIpc) is 2.59. The van der Waals surface area contributed by atoms with Crippen molar-refractivity contribution in [2.45, 2.75) is 31.7 Å². The summed E-state index contributed by atoms with van der Waals surface area (Å²) in [7, 11) is 0. The lowest BCUT2D eigenvalue weighted by Crippen LogP contribution is -2.36. The van der Waals surface area contributed by atoms with Crippen LogP contribution in [-0.2, 0) is 4.79 Å². The maximum absolute atomic E-state index is 11.4. The van der Waals surface area contributed by atoms with Gasteiger partial charge in [-0.2, -0.15) is 0 Å². The van der Waals surface area contributed by atoms with Crippen molar-refractivity contribution in [2.75, 3.05) is 13.1 Å². The highest BCUT2D eigenvalue weighted by Gasteiger charge is 2.47. The molecule has 2 aliphatic heterocycles. The number of Topliss-reactive ketones (excluding diaryl/α,β-unsaturated/α-hetero) is 1. The van der Waals surface area contributed by atoms with E-state index >= 15 is 0 Å². The smallest absolute Gasteiger partial charge is 0.133 e. The minimum absolute atomic E-state index is 0.532. The first kappa shape index (κ1) is 7.07. The predicted octanol–water partition coefficient (Wildman–Crippen LogP) is 1.06. The van der Waals surface area contributed by atoms with Gasteiger partial charge in [0.1, 0.15) is 5.78 Å². The van der Waals surface area contributed by atoms with Gasteiger partial charge in [0.15, 0.2) is 0 Å². The van der Waals surface area contributed by atoms with Crippen molar-refractivity contribution in [3.63, 3.8) is 0 Å². The van der Waals surface area contributed by atoms with E-state index in [4.69, 9.17) is 0 Å². The maximum atomic E-state index is 11.4. The Morgan fingerprint density at radius 2 is 1.67 bits per heavy atom. The lowest BCUT2D eigenvalue weighted by molar-refractivity contribution is -0.123. The quantitative estimate of drug-likeness (QED) is 0.535. The number of ketones is 1. The maximum Gasteiger partial charge on any atom is 0.133 e. The molecule has 1 saturated carbocycles. The summed E-state index contributed by atoms with van der Waals surface area (Å²) in [5.41, 5.74) is 0. The van der Waals surface area contributed by atoms with Crippen LogP contribution in [0.15, 0.2) is 0 Å². The Morgan fingerprint density at radius 3 is 2.25 bits per heavy atom. The van der Waals surface area contributed by atoms with E-state index < -0.39 is 0 Å². The summed E-state index contributed by atoms with van der Waals surface area (Å²) in [6.45, 7) is 2.53. The second kappa shape index (κ2) is 2.32. The minimum Gasteiger partial charge on any atom is -0.300 e. The van der Waals surface area contributed by atoms with E-state index in [0.29, 0.717) is 5.78 Å². The first-order valence-electron chi connectivity index (χ1n) is 5.10. The first-order valence-corrected chi connectivity index (χ1v) is 5.10. The molecule has 0 radical (unpaired) electrons. The molecule has 12 heavy (non-hydrogen) atoms. The Balaban J connectivity index is 1.90. The van der Waals surface area contributed by atoms with Gasteiger partial charge in [-0.15, -0.1) is 0 Å². The number of carbonyl (C=O) groups is 1. The summed E-state index contributed by atoms with van der Waals surface area (Å²) < 4.78 is 0. The van der Waals surface area contributed by atoms with Crippen molar-refractivity contribution in [1.29, 1.82) is 0 Å². The molecule has 0 spiro atoms. The molecule has 3 rings (SSSR count). The predicted molar refractivity (Wildman–Crippen MR) is 45.8 cm³/mol. The summed E-state index contributed by atoms with van der Waals surface area (Å²) in [6.07, 6.45) is 4.34. The van der Waals surface area contributed by atoms with Gasteiger partial charge in [-0.25, -0.2) is 0 Å². The van der Waals surface area contributed by atoms with Crippen LogP contribution in [0.1, 0.15) is 25.7 Å². The number of hydrogen-bond acceptors (Lipinski definition) is 2. The molecule has 0 aromatic heterocycles. The summed E-state index contributed by atoms with van der Waals surface area (Å²) in [5.74, 6) is 2.00. The van der Waals surface area contributed by atoms with E-state index in [9.17, 15) is 4.79 Å². The van der Waals surface area contributed by atoms with Crippen molar-refractivity contribution in [3.05, 3.63) is 0 Å². The molecule has 0 amide bonds. The van der Waals surface area contributed by atoms with Crippen molar-refractivity contribution in [2.24, 2.45) is 11.8 Å². The zero-order chi connectivity index (χ0) is 8.13. The molecule has 2 unspecified atom stereocenters. The van der Waals surface area contributed by atoms with Crippen LogP contribution < -0.4 is 0 Å². The molecule has 2 heterocycles. The molecule has 0 aromatic rings. The van der Waals surface area contributed by atoms with Crippen LogP contribution in [0.5, 0.6) is 0 Å². The summed E-state index contributed by atoms with van der Waals surface area (Å²) in [4.78, 5) is 14.0. The van der Waals surface area contributed by atoms with Gasteiger partial charge in [0.2, 0.25) is 0 Å². The molecular formula is C10H15NO. The summed E-state index contributed by atoms with van der Waals surface area (Å²) >= 11 is 0. The molecule has 0 bridgehead atoms. The zero-order valence-electron chi connectivity index (χ0n) is 7.33. The molecule has 3 fully saturated rings. The Hall–Kier alpha value is -0.370. The molecule has 2 saturated heterocycles. The van der Waals surface area contributed by atoms with Crippen LogP contribution in [0.2, 0.25) is 0 Å². The molecule has 3 aliphatic rings. The highest BCUT2D eigenvalue weighted by molar-refractivity contribution is 5.80. The van der Waals surface area contributed by atoms with Gasteiger partial charge in [-0.05, 0) is 37.8 Å². The third-order valence-corrected chi connectivity index (χ3v) is 3.94. The van der Waals surface area contributed by atoms with Crippen molar-refractivity contribution in [1.82, 2.24) is 4.90 Å².